The van der Waals surface area contributed by atoms with Crippen LogP contribution in [-0.4, -0.2) is 71.6 Å². The molecule has 2 aliphatic heterocycles. The molecule has 3 aliphatic rings. The van der Waals surface area contributed by atoms with Gasteiger partial charge in [0.2, 0.25) is 0 Å². The summed E-state index contributed by atoms with van der Waals surface area (Å²) in [5.41, 5.74) is 2.10. The molecule has 2 saturated heterocycles. The van der Waals surface area contributed by atoms with Gasteiger partial charge in [-0.1, -0.05) is 0 Å². The molecule has 0 aromatic carbocycles. The maximum Gasteiger partial charge on any atom is 0.150 e. The number of alkyl halides is 1. The van der Waals surface area contributed by atoms with E-state index in [0.717, 1.165) is 37.6 Å². The molecule has 3 fully saturated rings. The summed E-state index contributed by atoms with van der Waals surface area (Å²) in [4.78, 5) is 18.0. The molecular formula is C21H28FN7O. The summed E-state index contributed by atoms with van der Waals surface area (Å²) >= 11 is 0. The van der Waals surface area contributed by atoms with Gasteiger partial charge in [-0.3, -0.25) is 4.98 Å². The fourth-order valence-corrected chi connectivity index (χ4v) is 4.06. The van der Waals surface area contributed by atoms with E-state index in [4.69, 9.17) is 4.98 Å². The maximum atomic E-state index is 14.2. The Hall–Kier alpha value is -2.52. The number of aromatic nitrogens is 3. The van der Waals surface area contributed by atoms with Crippen molar-refractivity contribution >= 4 is 23.1 Å². The average molecular weight is 414 g/mol. The van der Waals surface area contributed by atoms with Crippen molar-refractivity contribution in [3.05, 3.63) is 30.2 Å². The molecule has 1 saturated carbocycles. The fourth-order valence-electron chi connectivity index (χ4n) is 4.06. The summed E-state index contributed by atoms with van der Waals surface area (Å²) in [5.74, 6) is 2.59. The van der Waals surface area contributed by atoms with E-state index in [-0.39, 0.29) is 6.54 Å². The molecular weight excluding hydrogens is 385 g/mol. The minimum absolute atomic E-state index is 0.147. The summed E-state index contributed by atoms with van der Waals surface area (Å²) in [7, 11) is 0. The Kier molecular flexibility index (Phi) is 5.39. The summed E-state index contributed by atoms with van der Waals surface area (Å²) in [6.07, 6.45) is 4.22. The Morgan fingerprint density at radius 2 is 1.83 bits per heavy atom. The summed E-state index contributed by atoms with van der Waals surface area (Å²) in [6.45, 7) is 4.39. The number of pyridine rings is 1. The lowest BCUT2D eigenvalue weighted by atomic mass is 10.1. The third-order valence-electron chi connectivity index (χ3n) is 6.03. The van der Waals surface area contributed by atoms with Crippen molar-refractivity contribution in [2.24, 2.45) is 0 Å². The number of rotatable bonds is 5. The molecule has 3 N–H and O–H groups in total. The first-order valence-corrected chi connectivity index (χ1v) is 10.8. The number of piperazine rings is 1. The van der Waals surface area contributed by atoms with Crippen molar-refractivity contribution < 1.29 is 9.50 Å². The smallest absolute Gasteiger partial charge is 0.150 e. The minimum atomic E-state index is -1.26. The van der Waals surface area contributed by atoms with Crippen LogP contribution in [0.1, 0.15) is 30.9 Å². The zero-order valence-corrected chi connectivity index (χ0v) is 17.0. The molecule has 2 aromatic heterocycles. The van der Waals surface area contributed by atoms with Crippen molar-refractivity contribution in [2.75, 3.05) is 54.4 Å². The lowest BCUT2D eigenvalue weighted by molar-refractivity contribution is 0.0614. The molecule has 8 nitrogen and oxygen atoms in total. The van der Waals surface area contributed by atoms with E-state index in [9.17, 15) is 9.50 Å². The van der Waals surface area contributed by atoms with Crippen LogP contribution in [0.25, 0.3) is 0 Å². The van der Waals surface area contributed by atoms with Crippen molar-refractivity contribution in [3.63, 3.8) is 0 Å². The molecule has 4 heterocycles. The second kappa shape index (κ2) is 8.31. The molecule has 1 aliphatic carbocycles. The summed E-state index contributed by atoms with van der Waals surface area (Å²) in [5, 5.41) is 16.4. The van der Waals surface area contributed by atoms with E-state index < -0.39 is 12.3 Å². The zero-order valence-electron chi connectivity index (χ0n) is 17.0. The third kappa shape index (κ3) is 4.32. The lowest BCUT2D eigenvalue weighted by Crippen LogP contribution is -2.45. The third-order valence-corrected chi connectivity index (χ3v) is 6.03. The number of aliphatic hydroxyl groups excluding tert-OH is 1. The molecule has 0 unspecified atom stereocenters. The van der Waals surface area contributed by atoms with E-state index >= 15 is 0 Å². The summed E-state index contributed by atoms with van der Waals surface area (Å²) in [6, 6.07) is 4.03. The van der Waals surface area contributed by atoms with Crippen LogP contribution in [0.2, 0.25) is 0 Å². The van der Waals surface area contributed by atoms with Gasteiger partial charge in [0.1, 0.15) is 23.6 Å². The number of hydrogen-bond donors (Lipinski definition) is 3. The molecule has 0 amide bonds. The Balaban J connectivity index is 1.41. The van der Waals surface area contributed by atoms with Crippen molar-refractivity contribution in [3.8, 4) is 0 Å². The van der Waals surface area contributed by atoms with Crippen LogP contribution in [0.3, 0.4) is 0 Å². The van der Waals surface area contributed by atoms with Gasteiger partial charge >= 0.3 is 0 Å². The van der Waals surface area contributed by atoms with Gasteiger partial charge < -0.3 is 25.5 Å². The van der Waals surface area contributed by atoms with Crippen molar-refractivity contribution in [2.45, 2.75) is 37.5 Å². The van der Waals surface area contributed by atoms with Crippen LogP contribution < -0.4 is 20.4 Å². The molecule has 5 rings (SSSR count). The average Bonchev–Trinajstić information content (AvgIpc) is 3.62. The normalized spacial score (nSPS) is 24.7. The number of aliphatic hydroxyl groups is 1. The minimum Gasteiger partial charge on any atom is -0.390 e. The van der Waals surface area contributed by atoms with Gasteiger partial charge in [-0.05, 0) is 19.3 Å². The number of hydrogen-bond acceptors (Lipinski definition) is 8. The Labute approximate surface area is 175 Å². The molecule has 0 radical (unpaired) electrons. The Bertz CT molecular complexity index is 870. The van der Waals surface area contributed by atoms with Gasteiger partial charge in [0, 0.05) is 56.5 Å². The molecule has 30 heavy (non-hydrogen) atoms. The number of halogens is 1. The Morgan fingerprint density at radius 3 is 2.53 bits per heavy atom. The van der Waals surface area contributed by atoms with Crippen LogP contribution in [0.5, 0.6) is 0 Å². The van der Waals surface area contributed by atoms with E-state index in [1.165, 1.54) is 12.8 Å². The van der Waals surface area contributed by atoms with Gasteiger partial charge in [0.15, 0.2) is 0 Å². The number of nitrogens with zero attached hydrogens (tertiary/aromatic N) is 5. The van der Waals surface area contributed by atoms with E-state index in [2.05, 4.69) is 25.5 Å². The van der Waals surface area contributed by atoms with E-state index in [0.29, 0.717) is 36.3 Å². The van der Waals surface area contributed by atoms with Gasteiger partial charge in [-0.2, -0.15) is 0 Å². The van der Waals surface area contributed by atoms with Gasteiger partial charge in [-0.15, -0.1) is 0 Å². The highest BCUT2D eigenvalue weighted by molar-refractivity contribution is 5.65. The lowest BCUT2D eigenvalue weighted by Gasteiger charge is -2.35. The molecule has 9 heteroatoms. The molecule has 2 aromatic rings. The molecule has 0 spiro atoms. The number of nitrogens with one attached hydrogen (secondary N) is 2. The van der Waals surface area contributed by atoms with Crippen LogP contribution in [0.4, 0.5) is 27.5 Å². The maximum absolute atomic E-state index is 14.2. The van der Waals surface area contributed by atoms with Gasteiger partial charge in [0.05, 0.1) is 30.7 Å². The molecule has 2 atom stereocenters. The molecule has 160 valence electrons. The largest absolute Gasteiger partial charge is 0.390 e. The number of piperidine rings is 1. The predicted octanol–water partition coefficient (Wildman–Crippen LogP) is 1.81. The predicted molar refractivity (Wildman–Crippen MR) is 114 cm³/mol. The standard InChI is InChI=1S/C21H28FN7O/c22-16-13-29(6-3-18(16)30)21-10-15(28-7-4-23-5-8-28)9-19(27-21)26-20-12-24-17(11-25-20)14-1-2-14/h9-12,14,16,18,23,30H,1-8,13H2,(H,25,26,27)/t16-,18-/m0/s1. The van der Waals surface area contributed by atoms with E-state index in [1.54, 1.807) is 6.20 Å². The van der Waals surface area contributed by atoms with Gasteiger partial charge in [-0.25, -0.2) is 14.4 Å². The first-order chi connectivity index (χ1) is 14.7. The van der Waals surface area contributed by atoms with Crippen LogP contribution >= 0.6 is 0 Å². The van der Waals surface area contributed by atoms with Crippen molar-refractivity contribution in [1.82, 2.24) is 20.3 Å². The molecule has 0 bridgehead atoms. The Morgan fingerprint density at radius 1 is 1.00 bits per heavy atom. The number of anilines is 4. The fraction of sp³-hybridized carbons (Fsp3) is 0.571. The highest BCUT2D eigenvalue weighted by Gasteiger charge is 2.29. The van der Waals surface area contributed by atoms with Gasteiger partial charge in [0.25, 0.3) is 0 Å². The second-order valence-electron chi connectivity index (χ2n) is 8.35. The van der Waals surface area contributed by atoms with E-state index in [1.807, 2.05) is 23.2 Å². The first kappa shape index (κ1) is 19.4. The van der Waals surface area contributed by atoms with Crippen LogP contribution in [-0.2, 0) is 0 Å². The topological polar surface area (TPSA) is 89.4 Å². The highest BCUT2D eigenvalue weighted by atomic mass is 19.1. The SMILES string of the molecule is O[C@H]1CCN(c2cc(N3CCNCC3)cc(Nc3cnc(C4CC4)cn3)n2)C[C@@H]1F. The van der Waals surface area contributed by atoms with Crippen LogP contribution in [0.15, 0.2) is 24.5 Å². The second-order valence-corrected chi connectivity index (χ2v) is 8.35. The van der Waals surface area contributed by atoms with Crippen LogP contribution in [0, 0.1) is 0 Å². The quantitative estimate of drug-likeness (QED) is 0.684. The first-order valence-electron chi connectivity index (χ1n) is 10.8. The summed E-state index contributed by atoms with van der Waals surface area (Å²) < 4.78 is 14.2. The highest BCUT2D eigenvalue weighted by Crippen LogP contribution is 2.38. The zero-order chi connectivity index (χ0) is 20.5. The monoisotopic (exact) mass is 413 g/mol. The van der Waals surface area contributed by atoms with Crippen molar-refractivity contribution in [1.29, 1.82) is 0 Å².